The highest BCUT2D eigenvalue weighted by atomic mass is 15.0. The van der Waals surface area contributed by atoms with Crippen LogP contribution in [-0.2, 0) is 6.42 Å². The number of fused-ring (bicyclic) bond motifs is 1. The van der Waals surface area contributed by atoms with Crippen molar-refractivity contribution in [1.29, 1.82) is 0 Å². The molecule has 3 heterocycles. The molecule has 4 heteroatoms. The van der Waals surface area contributed by atoms with E-state index >= 15 is 0 Å². The smallest absolute Gasteiger partial charge is 0.157 e. The lowest BCUT2D eigenvalue weighted by atomic mass is 10.2. The van der Waals surface area contributed by atoms with Gasteiger partial charge in [-0.25, -0.2) is 4.98 Å². The van der Waals surface area contributed by atoms with E-state index in [0.717, 1.165) is 29.0 Å². The first-order chi connectivity index (χ1) is 8.36. The summed E-state index contributed by atoms with van der Waals surface area (Å²) in [5.74, 6) is 0.788. The van der Waals surface area contributed by atoms with Crippen LogP contribution in [0.1, 0.15) is 12.5 Å². The van der Waals surface area contributed by atoms with Crippen molar-refractivity contribution in [2.24, 2.45) is 0 Å². The molecule has 0 bridgehead atoms. The molecule has 0 aliphatic heterocycles. The summed E-state index contributed by atoms with van der Waals surface area (Å²) in [4.78, 5) is 16.2. The summed E-state index contributed by atoms with van der Waals surface area (Å²) in [6.07, 6.45) is 6.39. The second-order valence-corrected chi connectivity index (χ2v) is 3.88. The fourth-order valence-corrected chi connectivity index (χ4v) is 1.75. The number of pyridine rings is 2. The van der Waals surface area contributed by atoms with E-state index in [2.05, 4.69) is 32.9 Å². The quantitative estimate of drug-likeness (QED) is 0.727. The third kappa shape index (κ3) is 1.78. The predicted octanol–water partition coefficient (Wildman–Crippen LogP) is 2.58. The monoisotopic (exact) mass is 224 g/mol. The minimum atomic E-state index is 0.788. The van der Waals surface area contributed by atoms with Crippen molar-refractivity contribution >= 4 is 11.0 Å². The van der Waals surface area contributed by atoms with Crippen LogP contribution in [0.25, 0.3) is 22.6 Å². The van der Waals surface area contributed by atoms with E-state index in [1.54, 1.807) is 12.4 Å². The Morgan fingerprint density at radius 1 is 1.18 bits per heavy atom. The maximum atomic E-state index is 4.48. The van der Waals surface area contributed by atoms with E-state index in [-0.39, 0.29) is 0 Å². The second kappa shape index (κ2) is 3.97. The van der Waals surface area contributed by atoms with Crippen molar-refractivity contribution in [1.82, 2.24) is 19.9 Å². The van der Waals surface area contributed by atoms with Crippen LogP contribution in [0.15, 0.2) is 36.8 Å². The number of nitrogens with zero attached hydrogens (tertiary/aromatic N) is 3. The third-order valence-corrected chi connectivity index (χ3v) is 2.76. The molecule has 0 fully saturated rings. The molecule has 0 aliphatic carbocycles. The van der Waals surface area contributed by atoms with Crippen LogP contribution in [0.2, 0.25) is 0 Å². The van der Waals surface area contributed by atoms with Gasteiger partial charge in [0.15, 0.2) is 5.82 Å². The van der Waals surface area contributed by atoms with Crippen LogP contribution in [-0.4, -0.2) is 19.9 Å². The number of aromatic amines is 1. The Labute approximate surface area is 98.8 Å². The van der Waals surface area contributed by atoms with Gasteiger partial charge < -0.3 is 4.98 Å². The molecular formula is C13H12N4. The lowest BCUT2D eigenvalue weighted by molar-refractivity contribution is 1.10. The van der Waals surface area contributed by atoms with Crippen LogP contribution >= 0.6 is 0 Å². The maximum absolute atomic E-state index is 4.48. The molecular weight excluding hydrogens is 212 g/mol. The van der Waals surface area contributed by atoms with Crippen LogP contribution in [0.5, 0.6) is 0 Å². The van der Waals surface area contributed by atoms with Gasteiger partial charge in [-0.15, -0.1) is 0 Å². The Morgan fingerprint density at radius 2 is 2.12 bits per heavy atom. The molecule has 0 saturated carbocycles. The number of aromatic nitrogens is 4. The Bertz CT molecular complexity index is 607. The van der Waals surface area contributed by atoms with Crippen LogP contribution < -0.4 is 0 Å². The number of H-pyrrole nitrogens is 1. The summed E-state index contributed by atoms with van der Waals surface area (Å²) in [6, 6.07) is 5.95. The Hall–Kier alpha value is -2.23. The minimum Gasteiger partial charge on any atom is -0.335 e. The van der Waals surface area contributed by atoms with Crippen molar-refractivity contribution < 1.29 is 0 Å². The summed E-state index contributed by atoms with van der Waals surface area (Å²) < 4.78 is 0. The number of aryl methyl sites for hydroxylation is 1. The summed E-state index contributed by atoms with van der Waals surface area (Å²) in [7, 11) is 0. The van der Waals surface area contributed by atoms with Crippen molar-refractivity contribution in [2.75, 3.05) is 0 Å². The fraction of sp³-hybridized carbons (Fsp3) is 0.154. The molecule has 3 aromatic rings. The summed E-state index contributed by atoms with van der Waals surface area (Å²) in [5.41, 5.74) is 3.94. The molecule has 0 saturated heterocycles. The van der Waals surface area contributed by atoms with Gasteiger partial charge in [0.25, 0.3) is 0 Å². The minimum absolute atomic E-state index is 0.788. The maximum Gasteiger partial charge on any atom is 0.157 e. The van der Waals surface area contributed by atoms with E-state index in [9.17, 15) is 0 Å². The Morgan fingerprint density at radius 3 is 2.82 bits per heavy atom. The van der Waals surface area contributed by atoms with Crippen LogP contribution in [0.4, 0.5) is 0 Å². The highest BCUT2D eigenvalue weighted by molar-refractivity contribution is 5.77. The van der Waals surface area contributed by atoms with Crippen molar-refractivity contribution in [2.45, 2.75) is 13.3 Å². The zero-order chi connectivity index (χ0) is 11.7. The van der Waals surface area contributed by atoms with Gasteiger partial charge in [-0.1, -0.05) is 13.0 Å². The van der Waals surface area contributed by atoms with Gasteiger partial charge in [0.05, 0.1) is 17.2 Å². The van der Waals surface area contributed by atoms with Crippen molar-refractivity contribution in [3.05, 3.63) is 42.4 Å². The first kappa shape index (κ1) is 9.96. The molecule has 3 rings (SSSR count). The highest BCUT2D eigenvalue weighted by Crippen LogP contribution is 2.17. The zero-order valence-corrected chi connectivity index (χ0v) is 9.51. The van der Waals surface area contributed by atoms with Gasteiger partial charge >= 0.3 is 0 Å². The summed E-state index contributed by atoms with van der Waals surface area (Å²) in [5, 5.41) is 0. The SMILES string of the molecule is CCc1ccc(-c2nc3ccncc3[nH]2)nc1. The number of hydrogen-bond acceptors (Lipinski definition) is 3. The number of rotatable bonds is 2. The Balaban J connectivity index is 2.07. The van der Waals surface area contributed by atoms with E-state index in [0.29, 0.717) is 0 Å². The molecule has 84 valence electrons. The van der Waals surface area contributed by atoms with Gasteiger partial charge in [-0.3, -0.25) is 9.97 Å². The van der Waals surface area contributed by atoms with Gasteiger partial charge in [0.1, 0.15) is 5.69 Å². The lowest BCUT2D eigenvalue weighted by Gasteiger charge is -1.97. The molecule has 0 amide bonds. The van der Waals surface area contributed by atoms with E-state index in [4.69, 9.17) is 0 Å². The average molecular weight is 224 g/mol. The number of nitrogens with one attached hydrogen (secondary N) is 1. The number of imidazole rings is 1. The van der Waals surface area contributed by atoms with Gasteiger partial charge in [0, 0.05) is 12.4 Å². The van der Waals surface area contributed by atoms with Crippen LogP contribution in [0.3, 0.4) is 0 Å². The molecule has 0 aromatic carbocycles. The number of hydrogen-bond donors (Lipinski definition) is 1. The lowest BCUT2D eigenvalue weighted by Crippen LogP contribution is -1.87. The molecule has 4 nitrogen and oxygen atoms in total. The molecule has 1 N–H and O–H groups in total. The molecule has 0 atom stereocenters. The summed E-state index contributed by atoms with van der Waals surface area (Å²) >= 11 is 0. The van der Waals surface area contributed by atoms with Crippen LogP contribution in [0, 0.1) is 0 Å². The molecule has 17 heavy (non-hydrogen) atoms. The topological polar surface area (TPSA) is 54.5 Å². The standard InChI is InChI=1S/C13H12N4/c1-2-9-3-4-11(15-7-9)13-16-10-5-6-14-8-12(10)17-13/h3-8H,2H2,1H3,(H,16,17). The first-order valence-electron chi connectivity index (χ1n) is 5.62. The largest absolute Gasteiger partial charge is 0.335 e. The normalized spacial score (nSPS) is 10.9. The molecule has 3 aromatic heterocycles. The second-order valence-electron chi connectivity index (χ2n) is 3.88. The van der Waals surface area contributed by atoms with Crippen molar-refractivity contribution in [3.8, 4) is 11.5 Å². The molecule has 0 aliphatic rings. The summed E-state index contributed by atoms with van der Waals surface area (Å²) in [6.45, 7) is 2.11. The third-order valence-electron chi connectivity index (χ3n) is 2.76. The average Bonchev–Trinajstić information content (AvgIpc) is 2.82. The van der Waals surface area contributed by atoms with Gasteiger partial charge in [0.2, 0.25) is 0 Å². The molecule has 0 spiro atoms. The molecule has 0 radical (unpaired) electrons. The zero-order valence-electron chi connectivity index (χ0n) is 9.51. The fourth-order valence-electron chi connectivity index (χ4n) is 1.75. The Kier molecular flexibility index (Phi) is 2.33. The van der Waals surface area contributed by atoms with E-state index in [1.165, 1.54) is 5.56 Å². The predicted molar refractivity (Wildman–Crippen MR) is 66.5 cm³/mol. The van der Waals surface area contributed by atoms with E-state index < -0.39 is 0 Å². The first-order valence-corrected chi connectivity index (χ1v) is 5.62. The van der Waals surface area contributed by atoms with Gasteiger partial charge in [-0.05, 0) is 24.1 Å². The molecule has 0 unspecified atom stereocenters. The van der Waals surface area contributed by atoms with Crippen molar-refractivity contribution in [3.63, 3.8) is 0 Å². The van der Waals surface area contributed by atoms with Gasteiger partial charge in [-0.2, -0.15) is 0 Å². The van der Waals surface area contributed by atoms with E-state index in [1.807, 2.05) is 18.3 Å². The highest BCUT2D eigenvalue weighted by Gasteiger charge is 2.05.